The molecule has 8 nitrogen and oxygen atoms in total. The number of rotatable bonds is 11. The first-order valence-electron chi connectivity index (χ1n) is 14.4. The number of hydrogen-bond donors (Lipinski definition) is 2. The predicted octanol–water partition coefficient (Wildman–Crippen LogP) is 7.24. The molecule has 0 aromatic heterocycles. The molecule has 4 aromatic rings. The molecule has 0 bridgehead atoms. The van der Waals surface area contributed by atoms with Crippen LogP contribution >= 0.6 is 0 Å². The average molecular weight is 593 g/mol. The summed E-state index contributed by atoms with van der Waals surface area (Å²) >= 11 is 0. The highest BCUT2D eigenvalue weighted by atomic mass is 16.5. The van der Waals surface area contributed by atoms with Gasteiger partial charge in [0.2, 0.25) is 11.8 Å². The van der Waals surface area contributed by atoms with Crippen LogP contribution in [0.25, 0.3) is 11.1 Å². The largest absolute Gasteiger partial charge is 0.427 e. The first-order chi connectivity index (χ1) is 21.0. The number of aryl methyl sites for hydroxylation is 4. The van der Waals surface area contributed by atoms with Gasteiger partial charge in [-0.05, 0) is 98.5 Å². The Morgan fingerprint density at radius 1 is 0.500 bits per heavy atom. The second-order valence-electron chi connectivity index (χ2n) is 10.7. The summed E-state index contributed by atoms with van der Waals surface area (Å²) in [7, 11) is 0. The van der Waals surface area contributed by atoms with Crippen LogP contribution in [-0.2, 0) is 19.2 Å². The number of hydrogen-bond acceptors (Lipinski definition) is 6. The van der Waals surface area contributed by atoms with E-state index in [1.807, 2.05) is 88.4 Å². The number of anilines is 2. The van der Waals surface area contributed by atoms with Crippen molar-refractivity contribution >= 4 is 35.1 Å². The quantitative estimate of drug-likeness (QED) is 0.140. The summed E-state index contributed by atoms with van der Waals surface area (Å²) in [6.07, 6.45) is -0.0502. The van der Waals surface area contributed by atoms with Gasteiger partial charge in [-0.25, -0.2) is 0 Å². The molecule has 0 aliphatic heterocycles. The van der Waals surface area contributed by atoms with Gasteiger partial charge < -0.3 is 20.1 Å². The molecule has 0 aliphatic rings. The highest BCUT2D eigenvalue weighted by Crippen LogP contribution is 2.28. The van der Waals surface area contributed by atoms with E-state index in [4.69, 9.17) is 9.47 Å². The number of carbonyl (C=O) groups excluding carboxylic acids is 4. The molecular formula is C36H36N2O6. The smallest absolute Gasteiger partial charge is 0.311 e. The summed E-state index contributed by atoms with van der Waals surface area (Å²) in [5.41, 5.74) is 7.07. The van der Waals surface area contributed by atoms with E-state index in [-0.39, 0.29) is 37.5 Å². The van der Waals surface area contributed by atoms with E-state index >= 15 is 0 Å². The molecule has 8 heteroatoms. The molecule has 0 aliphatic carbocycles. The Morgan fingerprint density at radius 3 is 1.20 bits per heavy atom. The van der Waals surface area contributed by atoms with Crippen molar-refractivity contribution < 1.29 is 28.7 Å². The fraction of sp³-hybridized carbons (Fsp3) is 0.222. The number of amides is 2. The van der Waals surface area contributed by atoms with Crippen molar-refractivity contribution in [2.24, 2.45) is 0 Å². The Hall–Kier alpha value is -5.24. The van der Waals surface area contributed by atoms with Crippen LogP contribution in [-0.4, -0.2) is 23.8 Å². The number of benzene rings is 4. The second kappa shape index (κ2) is 14.8. The zero-order valence-corrected chi connectivity index (χ0v) is 25.4. The van der Waals surface area contributed by atoms with Crippen molar-refractivity contribution in [2.45, 2.75) is 53.4 Å². The maximum Gasteiger partial charge on any atom is 0.311 e. The molecule has 2 amide bonds. The molecule has 2 N–H and O–H groups in total. The van der Waals surface area contributed by atoms with Gasteiger partial charge in [0.1, 0.15) is 11.5 Å². The van der Waals surface area contributed by atoms with Gasteiger partial charge in [-0.1, -0.05) is 47.5 Å². The van der Waals surface area contributed by atoms with E-state index in [1.165, 1.54) is 0 Å². The predicted molar refractivity (Wildman–Crippen MR) is 171 cm³/mol. The third kappa shape index (κ3) is 9.39. The minimum Gasteiger partial charge on any atom is -0.427 e. The molecule has 0 saturated carbocycles. The summed E-state index contributed by atoms with van der Waals surface area (Å²) in [6, 6.07) is 25.7. The summed E-state index contributed by atoms with van der Waals surface area (Å²) < 4.78 is 10.6. The number of carbonyl (C=O) groups is 4. The van der Waals surface area contributed by atoms with Crippen LogP contribution in [0, 0.1) is 27.7 Å². The molecule has 0 radical (unpaired) electrons. The molecule has 226 valence electrons. The van der Waals surface area contributed by atoms with Crippen LogP contribution in [0.5, 0.6) is 11.5 Å². The van der Waals surface area contributed by atoms with Crippen molar-refractivity contribution in [1.29, 1.82) is 0 Å². The van der Waals surface area contributed by atoms with E-state index in [0.717, 1.165) is 33.4 Å². The van der Waals surface area contributed by atoms with Crippen LogP contribution in [0.4, 0.5) is 11.4 Å². The Kier molecular flexibility index (Phi) is 10.6. The zero-order chi connectivity index (χ0) is 31.6. The van der Waals surface area contributed by atoms with Crippen molar-refractivity contribution in [2.75, 3.05) is 10.6 Å². The van der Waals surface area contributed by atoms with Crippen LogP contribution in [0.2, 0.25) is 0 Å². The molecule has 0 saturated heterocycles. The Bertz CT molecular complexity index is 1530. The molecule has 0 fully saturated rings. The Balaban J connectivity index is 1.26. The molecule has 44 heavy (non-hydrogen) atoms. The monoisotopic (exact) mass is 592 g/mol. The summed E-state index contributed by atoms with van der Waals surface area (Å²) in [4.78, 5) is 49.2. The Labute approximate surface area is 257 Å². The van der Waals surface area contributed by atoms with Crippen molar-refractivity contribution in [1.82, 2.24) is 0 Å². The van der Waals surface area contributed by atoms with Crippen LogP contribution in [0.1, 0.15) is 47.9 Å². The van der Waals surface area contributed by atoms with E-state index in [9.17, 15) is 19.2 Å². The van der Waals surface area contributed by atoms with Gasteiger partial charge in [0.05, 0.1) is 12.8 Å². The molecule has 0 unspecified atom stereocenters. The number of esters is 2. The van der Waals surface area contributed by atoms with Gasteiger partial charge in [-0.2, -0.15) is 0 Å². The summed E-state index contributed by atoms with van der Waals surface area (Å²) in [6.45, 7) is 7.69. The Morgan fingerprint density at radius 2 is 0.864 bits per heavy atom. The normalized spacial score (nSPS) is 10.5. The third-order valence-corrected chi connectivity index (χ3v) is 6.95. The topological polar surface area (TPSA) is 111 Å². The molecule has 0 spiro atoms. The van der Waals surface area contributed by atoms with E-state index in [2.05, 4.69) is 10.6 Å². The number of nitrogens with one attached hydrogen (secondary N) is 2. The van der Waals surface area contributed by atoms with Crippen LogP contribution < -0.4 is 20.1 Å². The molecule has 4 aromatic carbocycles. The average Bonchev–Trinajstić information content (AvgIpc) is 2.99. The lowest BCUT2D eigenvalue weighted by molar-refractivity contribution is -0.136. The van der Waals surface area contributed by atoms with Crippen LogP contribution in [0.15, 0.2) is 84.9 Å². The summed E-state index contributed by atoms with van der Waals surface area (Å²) in [5.74, 6) is -0.580. The lowest BCUT2D eigenvalue weighted by Gasteiger charge is -2.13. The lowest BCUT2D eigenvalue weighted by atomic mass is 9.99. The van der Waals surface area contributed by atoms with Crippen molar-refractivity contribution in [3.63, 3.8) is 0 Å². The third-order valence-electron chi connectivity index (χ3n) is 6.95. The highest BCUT2D eigenvalue weighted by Gasteiger charge is 2.13. The zero-order valence-electron chi connectivity index (χ0n) is 25.4. The molecule has 0 atom stereocenters. The minimum atomic E-state index is -0.466. The SMILES string of the molecule is Cc1ccc(OC(=O)CCC(=O)Nc2ccc(-c3ccc(NC(=O)CCC(=O)Oc4ccc(C)cc4)c(C)c3)cc2C)cc1. The fourth-order valence-corrected chi connectivity index (χ4v) is 4.40. The second-order valence-corrected chi connectivity index (χ2v) is 10.7. The fourth-order valence-electron chi connectivity index (χ4n) is 4.40. The van der Waals surface area contributed by atoms with Gasteiger partial charge in [0.25, 0.3) is 0 Å². The first-order valence-corrected chi connectivity index (χ1v) is 14.4. The van der Waals surface area contributed by atoms with Gasteiger partial charge in [-0.15, -0.1) is 0 Å². The summed E-state index contributed by atoms with van der Waals surface area (Å²) in [5, 5.41) is 5.73. The van der Waals surface area contributed by atoms with E-state index in [1.54, 1.807) is 24.3 Å². The van der Waals surface area contributed by atoms with Crippen LogP contribution in [0.3, 0.4) is 0 Å². The lowest BCUT2D eigenvalue weighted by Crippen LogP contribution is -2.16. The first kappa shape index (κ1) is 31.7. The van der Waals surface area contributed by atoms with Crippen molar-refractivity contribution in [3.8, 4) is 22.6 Å². The van der Waals surface area contributed by atoms with E-state index < -0.39 is 11.9 Å². The van der Waals surface area contributed by atoms with Gasteiger partial charge >= 0.3 is 11.9 Å². The molecular weight excluding hydrogens is 556 g/mol. The highest BCUT2D eigenvalue weighted by molar-refractivity contribution is 5.95. The maximum atomic E-state index is 12.5. The standard InChI is InChI=1S/C36H36N2O6/c1-23-5-11-29(12-6-23)43-35(41)19-17-33(39)37-31-15-9-27(21-25(31)3)28-10-16-32(26(4)22-28)38-34(40)18-20-36(42)44-30-13-7-24(2)8-14-30/h5-16,21-22H,17-20H2,1-4H3,(H,37,39)(H,38,40). The minimum absolute atomic E-state index is 0.00615. The molecule has 4 rings (SSSR count). The van der Waals surface area contributed by atoms with E-state index in [0.29, 0.717) is 22.9 Å². The number of ether oxygens (including phenoxy) is 2. The van der Waals surface area contributed by atoms with Gasteiger partial charge in [0, 0.05) is 24.2 Å². The van der Waals surface area contributed by atoms with Gasteiger partial charge in [-0.3, -0.25) is 19.2 Å². The molecule has 0 heterocycles. The maximum absolute atomic E-state index is 12.5. The van der Waals surface area contributed by atoms with Crippen molar-refractivity contribution in [3.05, 3.63) is 107 Å². The van der Waals surface area contributed by atoms with Gasteiger partial charge in [0.15, 0.2) is 0 Å².